The number of carbonyl (C=O) groups excluding carboxylic acids is 1. The Morgan fingerprint density at radius 1 is 1.12 bits per heavy atom. The smallest absolute Gasteiger partial charge is 0.220 e. The van der Waals surface area contributed by atoms with Gasteiger partial charge in [0.1, 0.15) is 12.7 Å². The van der Waals surface area contributed by atoms with Crippen LogP contribution in [0.5, 0.6) is 0 Å². The Hall–Kier alpha value is -2.96. The first kappa shape index (κ1) is 15.9. The van der Waals surface area contributed by atoms with Crippen molar-refractivity contribution >= 4 is 5.91 Å². The van der Waals surface area contributed by atoms with Gasteiger partial charge in [-0.1, -0.05) is 30.3 Å². The molecule has 1 atom stereocenters. The number of carbonyl (C=O) groups is 1. The van der Waals surface area contributed by atoms with Gasteiger partial charge in [-0.05, 0) is 18.1 Å². The van der Waals surface area contributed by atoms with E-state index in [0.717, 1.165) is 18.5 Å². The summed E-state index contributed by atoms with van der Waals surface area (Å²) in [6.07, 6.45) is 7.99. The minimum atomic E-state index is -0.134. The largest absolute Gasteiger partial charge is 0.347 e. The molecule has 0 bridgehead atoms. The molecule has 24 heavy (non-hydrogen) atoms. The lowest BCUT2D eigenvalue weighted by Crippen LogP contribution is -2.31. The van der Waals surface area contributed by atoms with Crippen LogP contribution in [0, 0.1) is 0 Å². The summed E-state index contributed by atoms with van der Waals surface area (Å²) in [7, 11) is 0. The van der Waals surface area contributed by atoms with Gasteiger partial charge in [-0.2, -0.15) is 10.2 Å². The van der Waals surface area contributed by atoms with Gasteiger partial charge >= 0.3 is 0 Å². The van der Waals surface area contributed by atoms with Crippen molar-refractivity contribution in [3.63, 3.8) is 0 Å². The lowest BCUT2D eigenvalue weighted by atomic mass is 10.1. The van der Waals surface area contributed by atoms with E-state index in [1.54, 1.807) is 17.2 Å². The maximum Gasteiger partial charge on any atom is 0.220 e. The maximum atomic E-state index is 12.3. The van der Waals surface area contributed by atoms with Crippen molar-refractivity contribution < 1.29 is 4.79 Å². The molecule has 3 aromatic rings. The topological polar surface area (TPSA) is 77.6 Å². The molecule has 0 aliphatic rings. The molecule has 0 spiro atoms. The second-order valence-electron chi connectivity index (χ2n) is 5.52. The van der Waals surface area contributed by atoms with E-state index in [0.29, 0.717) is 13.0 Å². The third-order valence-corrected chi connectivity index (χ3v) is 3.72. The van der Waals surface area contributed by atoms with Gasteiger partial charge in [0.25, 0.3) is 0 Å². The van der Waals surface area contributed by atoms with E-state index in [2.05, 4.69) is 20.5 Å². The zero-order valence-electron chi connectivity index (χ0n) is 13.3. The average molecular weight is 324 g/mol. The highest BCUT2D eigenvalue weighted by Gasteiger charge is 2.15. The van der Waals surface area contributed by atoms with Crippen LogP contribution in [-0.4, -0.2) is 30.5 Å². The summed E-state index contributed by atoms with van der Waals surface area (Å²) >= 11 is 0. The molecule has 124 valence electrons. The molecule has 0 radical (unpaired) electrons. The molecule has 0 saturated carbocycles. The summed E-state index contributed by atoms with van der Waals surface area (Å²) in [5.41, 5.74) is 1.05. The fourth-order valence-electron chi connectivity index (χ4n) is 2.53. The van der Waals surface area contributed by atoms with Crippen molar-refractivity contribution in [2.45, 2.75) is 32.0 Å². The molecule has 1 amide bonds. The summed E-state index contributed by atoms with van der Waals surface area (Å²) in [5, 5.41) is 11.4. The molecule has 1 N–H and O–H groups in total. The van der Waals surface area contributed by atoms with E-state index in [4.69, 9.17) is 0 Å². The second kappa shape index (κ2) is 8.05. The van der Waals surface area contributed by atoms with Crippen molar-refractivity contribution in [1.29, 1.82) is 0 Å². The molecule has 1 unspecified atom stereocenters. The first-order valence-corrected chi connectivity index (χ1v) is 7.95. The molecular weight excluding hydrogens is 304 g/mol. The monoisotopic (exact) mass is 324 g/mol. The van der Waals surface area contributed by atoms with E-state index in [1.807, 2.05) is 47.3 Å². The van der Waals surface area contributed by atoms with Gasteiger partial charge in [0.05, 0.1) is 12.6 Å². The van der Waals surface area contributed by atoms with E-state index < -0.39 is 0 Å². The van der Waals surface area contributed by atoms with E-state index >= 15 is 0 Å². The fourth-order valence-corrected chi connectivity index (χ4v) is 2.53. The number of aryl methyl sites for hydroxylation is 1. The van der Waals surface area contributed by atoms with Crippen LogP contribution in [0.15, 0.2) is 61.4 Å². The van der Waals surface area contributed by atoms with Gasteiger partial charge in [0, 0.05) is 25.4 Å². The average Bonchev–Trinajstić information content (AvgIpc) is 3.29. The zero-order valence-corrected chi connectivity index (χ0v) is 13.3. The van der Waals surface area contributed by atoms with Crippen LogP contribution >= 0.6 is 0 Å². The zero-order chi connectivity index (χ0) is 16.6. The number of nitrogens with zero attached hydrogens (tertiary/aromatic N) is 5. The number of nitrogens with one attached hydrogen (secondary N) is 1. The van der Waals surface area contributed by atoms with Crippen molar-refractivity contribution in [2.75, 3.05) is 0 Å². The standard InChI is InChI=1S/C17H20N6O/c24-17(8-4-10-22-11-5-9-19-22)21-16(12-23-14-18-13-20-23)15-6-2-1-3-7-15/h1-3,5-7,9,11,13-14,16H,4,8,10,12H2,(H,21,24). The first-order chi connectivity index (χ1) is 11.8. The number of hydrogen-bond acceptors (Lipinski definition) is 4. The number of aromatic nitrogens is 5. The number of hydrogen-bond donors (Lipinski definition) is 1. The Balaban J connectivity index is 1.57. The van der Waals surface area contributed by atoms with E-state index in [1.165, 1.54) is 6.33 Å². The van der Waals surface area contributed by atoms with Crippen LogP contribution in [0.4, 0.5) is 0 Å². The SMILES string of the molecule is O=C(CCCn1cccn1)NC(Cn1cncn1)c1ccccc1. The number of rotatable bonds is 8. The molecule has 0 aliphatic heterocycles. The highest BCUT2D eigenvalue weighted by Crippen LogP contribution is 2.15. The molecule has 2 aromatic heterocycles. The third kappa shape index (κ3) is 4.52. The van der Waals surface area contributed by atoms with Gasteiger partial charge < -0.3 is 5.32 Å². The van der Waals surface area contributed by atoms with Crippen LogP contribution < -0.4 is 5.32 Å². The molecule has 2 heterocycles. The number of benzene rings is 1. The lowest BCUT2D eigenvalue weighted by Gasteiger charge is -2.19. The predicted octanol–water partition coefficient (Wildman–Crippen LogP) is 1.81. The molecule has 7 nitrogen and oxygen atoms in total. The third-order valence-electron chi connectivity index (χ3n) is 3.72. The maximum absolute atomic E-state index is 12.3. The van der Waals surface area contributed by atoms with Crippen LogP contribution in [0.1, 0.15) is 24.4 Å². The van der Waals surface area contributed by atoms with E-state index in [9.17, 15) is 4.79 Å². The minimum absolute atomic E-state index is 0.0242. The summed E-state index contributed by atoms with van der Waals surface area (Å²) in [6, 6.07) is 11.6. The molecule has 0 fully saturated rings. The first-order valence-electron chi connectivity index (χ1n) is 7.95. The van der Waals surface area contributed by atoms with Gasteiger partial charge in [-0.25, -0.2) is 4.98 Å². The van der Waals surface area contributed by atoms with Crippen molar-refractivity contribution in [3.05, 3.63) is 67.0 Å². The summed E-state index contributed by atoms with van der Waals surface area (Å²) in [6.45, 7) is 1.29. The van der Waals surface area contributed by atoms with Crippen LogP contribution in [0.2, 0.25) is 0 Å². The highest BCUT2D eigenvalue weighted by molar-refractivity contribution is 5.76. The van der Waals surface area contributed by atoms with Crippen LogP contribution in [0.3, 0.4) is 0 Å². The van der Waals surface area contributed by atoms with Crippen LogP contribution in [0.25, 0.3) is 0 Å². The second-order valence-corrected chi connectivity index (χ2v) is 5.52. The predicted molar refractivity (Wildman–Crippen MR) is 88.8 cm³/mol. The van der Waals surface area contributed by atoms with Crippen LogP contribution in [-0.2, 0) is 17.9 Å². The highest BCUT2D eigenvalue weighted by atomic mass is 16.1. The molecule has 3 rings (SSSR count). The fraction of sp³-hybridized carbons (Fsp3) is 0.294. The summed E-state index contributed by atoms with van der Waals surface area (Å²) in [5.74, 6) is 0.0242. The Bertz CT molecular complexity index is 724. The molecule has 7 heteroatoms. The van der Waals surface area contributed by atoms with Gasteiger partial charge in [-0.3, -0.25) is 14.2 Å². The van der Waals surface area contributed by atoms with Crippen molar-refractivity contribution in [1.82, 2.24) is 29.9 Å². The minimum Gasteiger partial charge on any atom is -0.347 e. The van der Waals surface area contributed by atoms with Gasteiger partial charge in [0.2, 0.25) is 5.91 Å². The van der Waals surface area contributed by atoms with Gasteiger partial charge in [-0.15, -0.1) is 0 Å². The normalized spacial score (nSPS) is 12.0. The molecule has 0 saturated heterocycles. The summed E-state index contributed by atoms with van der Waals surface area (Å²) < 4.78 is 3.55. The van der Waals surface area contributed by atoms with Crippen molar-refractivity contribution in [2.24, 2.45) is 0 Å². The Morgan fingerprint density at radius 2 is 2.00 bits per heavy atom. The molecule has 1 aromatic carbocycles. The Morgan fingerprint density at radius 3 is 2.71 bits per heavy atom. The van der Waals surface area contributed by atoms with Gasteiger partial charge in [0.15, 0.2) is 0 Å². The summed E-state index contributed by atoms with van der Waals surface area (Å²) in [4.78, 5) is 16.3. The van der Waals surface area contributed by atoms with Crippen molar-refractivity contribution in [3.8, 4) is 0 Å². The Kier molecular flexibility index (Phi) is 5.34. The molecule has 0 aliphatic carbocycles. The molecular formula is C17H20N6O. The number of amides is 1. The lowest BCUT2D eigenvalue weighted by molar-refractivity contribution is -0.122. The van der Waals surface area contributed by atoms with E-state index in [-0.39, 0.29) is 11.9 Å². The Labute approximate surface area is 140 Å². The quantitative estimate of drug-likeness (QED) is 0.685.